The lowest BCUT2D eigenvalue weighted by Crippen LogP contribution is -2.04. The van der Waals surface area contributed by atoms with Gasteiger partial charge in [0.1, 0.15) is 5.75 Å². The third kappa shape index (κ3) is 3.27. The molecule has 0 atom stereocenters. The molecule has 3 rings (SSSR count). The molecule has 0 amide bonds. The second kappa shape index (κ2) is 6.67. The Hall–Kier alpha value is -2.59. The average molecular weight is 307 g/mol. The van der Waals surface area contributed by atoms with Gasteiger partial charge in [0.25, 0.3) is 0 Å². The number of hydrogen-bond acceptors (Lipinski definition) is 3. The molecule has 1 aromatic heterocycles. The molecule has 0 saturated heterocycles. The topological polar surface area (TPSA) is 53.1 Å². The van der Waals surface area contributed by atoms with E-state index in [1.54, 1.807) is 7.11 Å². The first-order valence-corrected chi connectivity index (χ1v) is 7.72. The second-order valence-electron chi connectivity index (χ2n) is 5.54. The number of aryl methyl sites for hydroxylation is 1. The lowest BCUT2D eigenvalue weighted by atomic mass is 10.1. The summed E-state index contributed by atoms with van der Waals surface area (Å²) < 4.78 is 7.20. The fourth-order valence-corrected chi connectivity index (χ4v) is 2.55. The third-order valence-corrected chi connectivity index (χ3v) is 3.82. The van der Waals surface area contributed by atoms with Gasteiger partial charge in [-0.2, -0.15) is 5.10 Å². The van der Waals surface area contributed by atoms with Crippen LogP contribution >= 0.6 is 0 Å². The van der Waals surface area contributed by atoms with Gasteiger partial charge in [0.05, 0.1) is 24.2 Å². The van der Waals surface area contributed by atoms with Gasteiger partial charge in [0, 0.05) is 12.0 Å². The van der Waals surface area contributed by atoms with E-state index in [4.69, 9.17) is 15.6 Å². The van der Waals surface area contributed by atoms with Crippen LogP contribution in [0.25, 0.3) is 16.9 Å². The molecule has 4 heteroatoms. The smallest absolute Gasteiger partial charge is 0.119 e. The second-order valence-corrected chi connectivity index (χ2v) is 5.54. The zero-order valence-electron chi connectivity index (χ0n) is 13.5. The Morgan fingerprint density at radius 3 is 2.35 bits per heavy atom. The van der Waals surface area contributed by atoms with Crippen molar-refractivity contribution in [2.24, 2.45) is 5.73 Å². The van der Waals surface area contributed by atoms with Crippen LogP contribution in [0.15, 0.2) is 54.6 Å². The van der Waals surface area contributed by atoms with Crippen LogP contribution in [0.2, 0.25) is 0 Å². The monoisotopic (exact) mass is 307 g/mol. The largest absolute Gasteiger partial charge is 0.497 e. The molecule has 0 bridgehead atoms. The number of aromatic nitrogens is 2. The molecule has 0 aliphatic rings. The SMILES string of the molecule is COc1ccc(-n2nc(CCN)cc2-c2ccc(C)cc2)cc1. The van der Waals surface area contributed by atoms with E-state index in [9.17, 15) is 0 Å². The van der Waals surface area contributed by atoms with Gasteiger partial charge < -0.3 is 10.5 Å². The number of rotatable bonds is 5. The average Bonchev–Trinajstić information content (AvgIpc) is 3.00. The number of ether oxygens (including phenoxy) is 1. The van der Waals surface area contributed by atoms with Crippen LogP contribution in [0.1, 0.15) is 11.3 Å². The number of nitrogens with two attached hydrogens (primary N) is 1. The molecule has 3 aromatic rings. The lowest BCUT2D eigenvalue weighted by Gasteiger charge is -2.09. The van der Waals surface area contributed by atoms with Gasteiger partial charge in [0.15, 0.2) is 0 Å². The predicted molar refractivity (Wildman–Crippen MR) is 93.0 cm³/mol. The van der Waals surface area contributed by atoms with Gasteiger partial charge >= 0.3 is 0 Å². The summed E-state index contributed by atoms with van der Waals surface area (Å²) in [5, 5.41) is 4.72. The minimum absolute atomic E-state index is 0.590. The van der Waals surface area contributed by atoms with Crippen LogP contribution in [0.3, 0.4) is 0 Å². The standard InChI is InChI=1S/C19H21N3O/c1-14-3-5-15(6-4-14)19-13-16(11-12-20)21-22(19)17-7-9-18(23-2)10-8-17/h3-10,13H,11-12,20H2,1-2H3. The quantitative estimate of drug-likeness (QED) is 0.786. The van der Waals surface area contributed by atoms with Gasteiger partial charge in [-0.3, -0.25) is 0 Å². The van der Waals surface area contributed by atoms with Crippen LogP contribution in [0.5, 0.6) is 5.75 Å². The van der Waals surface area contributed by atoms with E-state index in [1.165, 1.54) is 5.56 Å². The normalized spacial score (nSPS) is 10.7. The Morgan fingerprint density at radius 1 is 1.04 bits per heavy atom. The molecule has 0 fully saturated rings. The first-order valence-electron chi connectivity index (χ1n) is 7.72. The van der Waals surface area contributed by atoms with E-state index in [0.29, 0.717) is 6.54 Å². The van der Waals surface area contributed by atoms with Crippen LogP contribution < -0.4 is 10.5 Å². The lowest BCUT2D eigenvalue weighted by molar-refractivity contribution is 0.414. The fraction of sp³-hybridized carbons (Fsp3) is 0.211. The van der Waals surface area contributed by atoms with Crippen molar-refractivity contribution in [1.29, 1.82) is 0 Å². The first-order chi connectivity index (χ1) is 11.2. The van der Waals surface area contributed by atoms with Crippen LogP contribution in [0.4, 0.5) is 0 Å². The zero-order chi connectivity index (χ0) is 16.2. The summed E-state index contributed by atoms with van der Waals surface area (Å²) in [6.07, 6.45) is 0.766. The van der Waals surface area contributed by atoms with Crippen molar-refractivity contribution in [3.63, 3.8) is 0 Å². The summed E-state index contributed by atoms with van der Waals surface area (Å²) in [4.78, 5) is 0. The molecule has 1 heterocycles. The minimum Gasteiger partial charge on any atom is -0.497 e. The number of benzene rings is 2. The summed E-state index contributed by atoms with van der Waals surface area (Å²) in [5.41, 5.74) is 11.1. The Labute approximate surface area is 136 Å². The van der Waals surface area contributed by atoms with Gasteiger partial charge in [0.2, 0.25) is 0 Å². The van der Waals surface area contributed by atoms with E-state index in [2.05, 4.69) is 37.3 Å². The summed E-state index contributed by atoms with van der Waals surface area (Å²) in [6.45, 7) is 2.68. The van der Waals surface area contributed by atoms with E-state index in [-0.39, 0.29) is 0 Å². The molecule has 2 aromatic carbocycles. The summed E-state index contributed by atoms with van der Waals surface area (Å²) in [6, 6.07) is 18.5. The molecular weight excluding hydrogens is 286 g/mol. The highest BCUT2D eigenvalue weighted by Gasteiger charge is 2.11. The van der Waals surface area contributed by atoms with Crippen molar-refractivity contribution >= 4 is 0 Å². The van der Waals surface area contributed by atoms with E-state index < -0.39 is 0 Å². The number of methoxy groups -OCH3 is 1. The van der Waals surface area contributed by atoms with Crippen molar-refractivity contribution in [2.75, 3.05) is 13.7 Å². The van der Waals surface area contributed by atoms with Gasteiger partial charge in [-0.15, -0.1) is 0 Å². The molecule has 0 radical (unpaired) electrons. The van der Waals surface area contributed by atoms with Crippen molar-refractivity contribution in [3.05, 3.63) is 65.9 Å². The molecule has 118 valence electrons. The van der Waals surface area contributed by atoms with Crippen LogP contribution in [-0.2, 0) is 6.42 Å². The summed E-state index contributed by atoms with van der Waals surface area (Å²) in [5.74, 6) is 0.833. The molecule has 0 saturated carbocycles. The Bertz CT molecular complexity index is 773. The highest BCUT2D eigenvalue weighted by molar-refractivity contribution is 5.63. The van der Waals surface area contributed by atoms with E-state index in [0.717, 1.165) is 34.8 Å². The summed E-state index contributed by atoms with van der Waals surface area (Å²) in [7, 11) is 1.67. The van der Waals surface area contributed by atoms with Crippen LogP contribution in [-0.4, -0.2) is 23.4 Å². The van der Waals surface area contributed by atoms with E-state index >= 15 is 0 Å². The number of hydrogen-bond donors (Lipinski definition) is 1. The maximum Gasteiger partial charge on any atom is 0.119 e. The molecular formula is C19H21N3O. The van der Waals surface area contributed by atoms with Gasteiger partial charge in [-0.1, -0.05) is 29.8 Å². The maximum atomic E-state index is 5.69. The molecule has 0 unspecified atom stereocenters. The Morgan fingerprint density at radius 2 is 1.74 bits per heavy atom. The third-order valence-electron chi connectivity index (χ3n) is 3.82. The molecule has 0 aliphatic carbocycles. The van der Waals surface area contributed by atoms with E-state index in [1.807, 2.05) is 28.9 Å². The zero-order valence-corrected chi connectivity index (χ0v) is 13.5. The maximum absolute atomic E-state index is 5.69. The highest BCUT2D eigenvalue weighted by Crippen LogP contribution is 2.25. The van der Waals surface area contributed by atoms with Crippen molar-refractivity contribution < 1.29 is 4.74 Å². The van der Waals surface area contributed by atoms with Crippen molar-refractivity contribution in [2.45, 2.75) is 13.3 Å². The van der Waals surface area contributed by atoms with Gasteiger partial charge in [-0.25, -0.2) is 4.68 Å². The molecule has 0 spiro atoms. The molecule has 2 N–H and O–H groups in total. The number of nitrogens with zero attached hydrogens (tertiary/aromatic N) is 2. The first kappa shape index (κ1) is 15.3. The Balaban J connectivity index is 2.08. The van der Waals surface area contributed by atoms with Crippen LogP contribution in [0, 0.1) is 6.92 Å². The summed E-state index contributed by atoms with van der Waals surface area (Å²) >= 11 is 0. The highest BCUT2D eigenvalue weighted by atomic mass is 16.5. The predicted octanol–water partition coefficient (Wildman–Crippen LogP) is 3.36. The minimum atomic E-state index is 0.590. The Kier molecular flexibility index (Phi) is 4.44. The molecule has 4 nitrogen and oxygen atoms in total. The fourth-order valence-electron chi connectivity index (χ4n) is 2.55. The van der Waals surface area contributed by atoms with Crippen molar-refractivity contribution in [1.82, 2.24) is 9.78 Å². The molecule has 23 heavy (non-hydrogen) atoms. The van der Waals surface area contributed by atoms with Gasteiger partial charge in [-0.05, 0) is 43.8 Å². The van der Waals surface area contributed by atoms with Crippen molar-refractivity contribution in [3.8, 4) is 22.7 Å². The molecule has 0 aliphatic heterocycles.